The zero-order chi connectivity index (χ0) is 22.0. The molecule has 0 saturated carbocycles. The number of benzene rings is 2. The number of carbonyl (C=O) groups excluding carboxylic acids is 2. The van der Waals surface area contributed by atoms with Crippen LogP contribution in [0.25, 0.3) is 5.69 Å². The predicted molar refractivity (Wildman–Crippen MR) is 119 cm³/mol. The summed E-state index contributed by atoms with van der Waals surface area (Å²) in [5.74, 6) is 0.230. The van der Waals surface area contributed by atoms with Crippen LogP contribution < -0.4 is 10.1 Å². The standard InChI is InChI=1S/C24H26N4O3/c1-16-7-11-18(12-8-16)28-21-6-4-5-20(21)23(26-28)24(30)25-17-9-13-19(14-10-17)31-15-22(29)27(2)3/h7-14H,4-6,15H2,1-3H3,(H,25,30). The minimum Gasteiger partial charge on any atom is -0.484 e. The molecular formula is C24H26N4O3. The van der Waals surface area contributed by atoms with Crippen LogP contribution in [0.5, 0.6) is 5.75 Å². The van der Waals surface area contributed by atoms with Gasteiger partial charge in [0, 0.05) is 31.0 Å². The van der Waals surface area contributed by atoms with Gasteiger partial charge in [-0.2, -0.15) is 5.10 Å². The van der Waals surface area contributed by atoms with Crippen LogP contribution in [0.4, 0.5) is 5.69 Å². The molecule has 1 aromatic heterocycles. The van der Waals surface area contributed by atoms with Gasteiger partial charge >= 0.3 is 0 Å². The average Bonchev–Trinajstić information content (AvgIpc) is 3.36. The number of rotatable bonds is 6. The number of nitrogens with one attached hydrogen (secondary N) is 1. The van der Waals surface area contributed by atoms with E-state index in [1.54, 1.807) is 38.4 Å². The summed E-state index contributed by atoms with van der Waals surface area (Å²) in [5, 5.41) is 7.58. The summed E-state index contributed by atoms with van der Waals surface area (Å²) in [6, 6.07) is 15.1. The number of nitrogens with zero attached hydrogens (tertiary/aromatic N) is 3. The van der Waals surface area contributed by atoms with E-state index in [2.05, 4.69) is 10.4 Å². The number of hydrogen-bond acceptors (Lipinski definition) is 4. The van der Waals surface area contributed by atoms with E-state index in [1.165, 1.54) is 10.5 Å². The lowest BCUT2D eigenvalue weighted by Crippen LogP contribution is -2.27. The third kappa shape index (κ3) is 4.45. The number of hydrogen-bond donors (Lipinski definition) is 1. The number of carbonyl (C=O) groups is 2. The van der Waals surface area contributed by atoms with Gasteiger partial charge in [-0.25, -0.2) is 4.68 Å². The zero-order valence-corrected chi connectivity index (χ0v) is 18.0. The second-order valence-electron chi connectivity index (χ2n) is 7.93. The van der Waals surface area contributed by atoms with E-state index < -0.39 is 0 Å². The highest BCUT2D eigenvalue weighted by Crippen LogP contribution is 2.28. The molecule has 3 aromatic rings. The third-order valence-electron chi connectivity index (χ3n) is 5.40. The van der Waals surface area contributed by atoms with Gasteiger partial charge in [0.25, 0.3) is 11.8 Å². The minimum absolute atomic E-state index is 0.0265. The number of aryl methyl sites for hydroxylation is 1. The first-order chi connectivity index (χ1) is 14.9. The summed E-state index contributed by atoms with van der Waals surface area (Å²) in [7, 11) is 3.36. The SMILES string of the molecule is Cc1ccc(-n2nc(C(=O)Nc3ccc(OCC(=O)N(C)C)cc3)c3c2CCC3)cc1. The van der Waals surface area contributed by atoms with Gasteiger partial charge in [0.2, 0.25) is 0 Å². The highest BCUT2D eigenvalue weighted by atomic mass is 16.5. The minimum atomic E-state index is -0.222. The monoisotopic (exact) mass is 418 g/mol. The van der Waals surface area contributed by atoms with Crippen molar-refractivity contribution < 1.29 is 14.3 Å². The molecule has 1 aliphatic rings. The molecule has 31 heavy (non-hydrogen) atoms. The van der Waals surface area contributed by atoms with Crippen molar-refractivity contribution >= 4 is 17.5 Å². The van der Waals surface area contributed by atoms with Gasteiger partial charge in [0.1, 0.15) is 5.75 Å². The second-order valence-corrected chi connectivity index (χ2v) is 7.93. The highest BCUT2D eigenvalue weighted by molar-refractivity contribution is 6.04. The van der Waals surface area contributed by atoms with Crippen LogP contribution in [0.3, 0.4) is 0 Å². The van der Waals surface area contributed by atoms with Crippen LogP contribution in [0.2, 0.25) is 0 Å². The molecule has 4 rings (SSSR count). The van der Waals surface area contributed by atoms with Crippen molar-refractivity contribution in [2.24, 2.45) is 0 Å². The molecule has 0 fully saturated rings. The van der Waals surface area contributed by atoms with E-state index in [0.29, 0.717) is 17.1 Å². The van der Waals surface area contributed by atoms with E-state index in [9.17, 15) is 9.59 Å². The smallest absolute Gasteiger partial charge is 0.276 e. The maximum absolute atomic E-state index is 13.0. The maximum Gasteiger partial charge on any atom is 0.276 e. The fourth-order valence-corrected chi connectivity index (χ4v) is 3.62. The van der Waals surface area contributed by atoms with E-state index in [-0.39, 0.29) is 18.4 Å². The molecule has 2 aromatic carbocycles. The van der Waals surface area contributed by atoms with E-state index in [1.807, 2.05) is 35.9 Å². The van der Waals surface area contributed by atoms with Gasteiger partial charge < -0.3 is 15.0 Å². The van der Waals surface area contributed by atoms with Crippen molar-refractivity contribution in [3.63, 3.8) is 0 Å². The average molecular weight is 418 g/mol. The Hall–Kier alpha value is -3.61. The summed E-state index contributed by atoms with van der Waals surface area (Å²) in [5.41, 5.74) is 5.42. The third-order valence-corrected chi connectivity index (χ3v) is 5.40. The van der Waals surface area contributed by atoms with E-state index in [0.717, 1.165) is 36.2 Å². The van der Waals surface area contributed by atoms with Crippen molar-refractivity contribution in [3.8, 4) is 11.4 Å². The van der Waals surface area contributed by atoms with Crippen molar-refractivity contribution in [3.05, 3.63) is 71.0 Å². The summed E-state index contributed by atoms with van der Waals surface area (Å²) in [6.45, 7) is 2.02. The molecule has 0 bridgehead atoms. The largest absolute Gasteiger partial charge is 0.484 e. The molecule has 2 amide bonds. The van der Waals surface area contributed by atoms with Crippen LogP contribution in [0.15, 0.2) is 48.5 Å². The van der Waals surface area contributed by atoms with Gasteiger partial charge in [-0.05, 0) is 62.6 Å². The number of amides is 2. The van der Waals surface area contributed by atoms with Crippen LogP contribution >= 0.6 is 0 Å². The second kappa shape index (κ2) is 8.63. The number of anilines is 1. The first-order valence-electron chi connectivity index (χ1n) is 10.3. The molecule has 0 saturated heterocycles. The summed E-state index contributed by atoms with van der Waals surface area (Å²) in [4.78, 5) is 26.1. The molecule has 7 nitrogen and oxygen atoms in total. The Bertz CT molecular complexity index is 1100. The molecule has 160 valence electrons. The Morgan fingerprint density at radius 3 is 2.45 bits per heavy atom. The summed E-state index contributed by atoms with van der Waals surface area (Å²) in [6.07, 6.45) is 2.80. The molecule has 0 unspecified atom stereocenters. The van der Waals surface area contributed by atoms with Gasteiger partial charge in [-0.15, -0.1) is 0 Å². The normalized spacial score (nSPS) is 12.4. The molecule has 0 radical (unpaired) electrons. The molecule has 0 aliphatic heterocycles. The van der Waals surface area contributed by atoms with Crippen molar-refractivity contribution in [2.75, 3.05) is 26.0 Å². The summed E-state index contributed by atoms with van der Waals surface area (Å²) < 4.78 is 7.37. The Morgan fingerprint density at radius 2 is 1.77 bits per heavy atom. The van der Waals surface area contributed by atoms with Crippen molar-refractivity contribution in [2.45, 2.75) is 26.2 Å². The number of ether oxygens (including phenoxy) is 1. The van der Waals surface area contributed by atoms with E-state index >= 15 is 0 Å². The fraction of sp³-hybridized carbons (Fsp3) is 0.292. The lowest BCUT2D eigenvalue weighted by molar-refractivity contribution is -0.130. The number of aromatic nitrogens is 2. The summed E-state index contributed by atoms with van der Waals surface area (Å²) >= 11 is 0. The number of likely N-dealkylation sites (N-methyl/N-ethyl adjacent to an activating group) is 1. The van der Waals surface area contributed by atoms with Crippen molar-refractivity contribution in [1.29, 1.82) is 0 Å². The lowest BCUT2D eigenvalue weighted by Gasteiger charge is -2.11. The van der Waals surface area contributed by atoms with Gasteiger partial charge in [0.05, 0.1) is 5.69 Å². The zero-order valence-electron chi connectivity index (χ0n) is 18.0. The first-order valence-corrected chi connectivity index (χ1v) is 10.3. The van der Waals surface area contributed by atoms with Crippen molar-refractivity contribution in [1.82, 2.24) is 14.7 Å². The molecule has 1 N–H and O–H groups in total. The molecule has 0 spiro atoms. The van der Waals surface area contributed by atoms with Gasteiger partial charge in [0.15, 0.2) is 12.3 Å². The fourth-order valence-electron chi connectivity index (χ4n) is 3.62. The van der Waals surface area contributed by atoms with Gasteiger partial charge in [-0.1, -0.05) is 17.7 Å². The Labute approximate surface area is 181 Å². The Balaban J connectivity index is 1.48. The van der Waals surface area contributed by atoms with Crippen LogP contribution in [0.1, 0.15) is 33.7 Å². The highest BCUT2D eigenvalue weighted by Gasteiger charge is 2.27. The molecular weight excluding hydrogens is 392 g/mol. The van der Waals surface area contributed by atoms with Crippen LogP contribution in [-0.2, 0) is 17.6 Å². The topological polar surface area (TPSA) is 76.5 Å². The predicted octanol–water partition coefficient (Wildman–Crippen LogP) is 3.39. The number of fused-ring (bicyclic) bond motifs is 1. The molecule has 0 atom stereocenters. The molecule has 1 aliphatic carbocycles. The molecule has 7 heteroatoms. The Kier molecular flexibility index (Phi) is 5.75. The van der Waals surface area contributed by atoms with E-state index in [4.69, 9.17) is 4.74 Å². The first kappa shape index (κ1) is 20.7. The Morgan fingerprint density at radius 1 is 1.06 bits per heavy atom. The molecule has 1 heterocycles. The van der Waals surface area contributed by atoms with Gasteiger partial charge in [-0.3, -0.25) is 9.59 Å². The quantitative estimate of drug-likeness (QED) is 0.666. The van der Waals surface area contributed by atoms with Crippen LogP contribution in [-0.4, -0.2) is 47.2 Å². The van der Waals surface area contributed by atoms with Crippen LogP contribution in [0, 0.1) is 6.92 Å². The maximum atomic E-state index is 13.0. The lowest BCUT2D eigenvalue weighted by atomic mass is 10.2.